The Kier molecular flexibility index (Phi) is 8.85. The quantitative estimate of drug-likeness (QED) is 0.107. The molecule has 0 amide bonds. The second-order valence-electron chi connectivity index (χ2n) is 9.85. The highest BCUT2D eigenvalue weighted by Crippen LogP contribution is 2.28. The lowest BCUT2D eigenvalue weighted by molar-refractivity contribution is -0.149. The molecule has 4 aromatic carbocycles. The molecule has 0 saturated carbocycles. The van der Waals surface area contributed by atoms with Crippen molar-refractivity contribution in [2.75, 3.05) is 0 Å². The first-order valence-electron chi connectivity index (χ1n) is 12.8. The van der Waals surface area contributed by atoms with E-state index in [0.717, 1.165) is 11.1 Å². The number of rotatable bonds is 8. The Bertz CT molecular complexity index is 1410. The number of carbonyl (C=O) groups excluding carboxylic acids is 2. The van der Waals surface area contributed by atoms with Crippen molar-refractivity contribution in [3.63, 3.8) is 0 Å². The lowest BCUT2D eigenvalue weighted by atomic mass is 9.98. The summed E-state index contributed by atoms with van der Waals surface area (Å²) in [5.74, 6) is -0.720. The molecule has 0 fully saturated rings. The number of ether oxygens (including phenoxy) is 2. The van der Waals surface area contributed by atoms with E-state index in [4.69, 9.17) is 14.5 Å². The van der Waals surface area contributed by atoms with E-state index in [0.29, 0.717) is 22.6 Å². The minimum Gasteiger partial charge on any atom is -0.455 e. The van der Waals surface area contributed by atoms with Crippen molar-refractivity contribution in [3.05, 3.63) is 144 Å². The zero-order valence-corrected chi connectivity index (χ0v) is 22.3. The number of para-hydroxylation sites is 1. The van der Waals surface area contributed by atoms with Gasteiger partial charge in [-0.1, -0.05) is 109 Å². The Labute approximate surface area is 229 Å². The van der Waals surface area contributed by atoms with Gasteiger partial charge in [-0.15, -0.1) is 0 Å². The highest BCUT2D eigenvalue weighted by Gasteiger charge is 2.26. The number of hydrogen-bond donors (Lipinski definition) is 0. The largest absolute Gasteiger partial charge is 0.455 e. The van der Waals surface area contributed by atoms with Gasteiger partial charge in [-0.3, -0.25) is 4.79 Å². The molecular weight excluding hydrogens is 486 g/mol. The summed E-state index contributed by atoms with van der Waals surface area (Å²) in [6, 6.07) is 37.4. The lowest BCUT2D eigenvalue weighted by Crippen LogP contribution is -2.26. The molecule has 0 aromatic heterocycles. The number of esters is 2. The number of carbonyl (C=O) groups is 2. The number of hydrogen-bond acceptors (Lipinski definition) is 5. The van der Waals surface area contributed by atoms with Gasteiger partial charge in [-0.2, -0.15) is 0 Å². The highest BCUT2D eigenvalue weighted by atomic mass is 16.6. The van der Waals surface area contributed by atoms with Crippen LogP contribution in [0.3, 0.4) is 0 Å². The van der Waals surface area contributed by atoms with Crippen LogP contribution in [0, 0.1) is 0 Å². The maximum absolute atomic E-state index is 13.8. The molecule has 0 aliphatic heterocycles. The van der Waals surface area contributed by atoms with Crippen molar-refractivity contribution >= 4 is 23.2 Å². The van der Waals surface area contributed by atoms with E-state index in [1.165, 1.54) is 0 Å². The lowest BCUT2D eigenvalue weighted by Gasteiger charge is -2.21. The summed E-state index contributed by atoms with van der Waals surface area (Å²) in [4.78, 5) is 31.9. The van der Waals surface area contributed by atoms with Crippen LogP contribution in [0.2, 0.25) is 0 Å². The van der Waals surface area contributed by atoms with Crippen molar-refractivity contribution in [1.82, 2.24) is 0 Å². The SMILES string of the molecule is CC(C)(C)OC(=O)/C(N=C(c1ccccc1)c1ccccc1)=C(/CC(=O)Oc1ccccc1)c1ccccc1. The summed E-state index contributed by atoms with van der Waals surface area (Å²) in [6.45, 7) is 5.40. The van der Waals surface area contributed by atoms with E-state index < -0.39 is 17.5 Å². The maximum Gasteiger partial charge on any atom is 0.357 e. The van der Waals surface area contributed by atoms with Crippen molar-refractivity contribution < 1.29 is 19.1 Å². The number of benzene rings is 4. The van der Waals surface area contributed by atoms with Crippen LogP contribution in [-0.2, 0) is 14.3 Å². The van der Waals surface area contributed by atoms with Gasteiger partial charge in [0.05, 0.1) is 12.1 Å². The molecule has 0 atom stereocenters. The van der Waals surface area contributed by atoms with Gasteiger partial charge >= 0.3 is 11.9 Å². The fraction of sp³-hybridized carbons (Fsp3) is 0.147. The van der Waals surface area contributed by atoms with E-state index in [1.807, 2.05) is 97.1 Å². The smallest absolute Gasteiger partial charge is 0.357 e. The van der Waals surface area contributed by atoms with E-state index in [9.17, 15) is 9.59 Å². The minimum atomic E-state index is -0.774. The Hall–Kier alpha value is -4.77. The van der Waals surface area contributed by atoms with Crippen molar-refractivity contribution in [1.29, 1.82) is 0 Å². The second-order valence-corrected chi connectivity index (χ2v) is 9.85. The molecule has 4 aromatic rings. The van der Waals surface area contributed by atoms with Crippen molar-refractivity contribution in [3.8, 4) is 5.75 Å². The van der Waals surface area contributed by atoms with Gasteiger partial charge in [0.25, 0.3) is 0 Å². The van der Waals surface area contributed by atoms with E-state index in [2.05, 4.69) is 0 Å². The Morgan fingerprint density at radius 2 is 1.08 bits per heavy atom. The molecule has 0 saturated heterocycles. The average Bonchev–Trinajstić information content (AvgIpc) is 2.94. The topological polar surface area (TPSA) is 65.0 Å². The molecule has 0 N–H and O–H groups in total. The normalized spacial score (nSPS) is 11.7. The van der Waals surface area contributed by atoms with Gasteiger partial charge in [0.1, 0.15) is 11.4 Å². The van der Waals surface area contributed by atoms with Gasteiger partial charge < -0.3 is 9.47 Å². The molecule has 0 spiro atoms. The molecule has 0 aliphatic rings. The van der Waals surface area contributed by atoms with Crippen LogP contribution in [0.25, 0.3) is 5.57 Å². The molecule has 5 heteroatoms. The maximum atomic E-state index is 13.8. The van der Waals surface area contributed by atoms with Gasteiger partial charge in [-0.25, -0.2) is 9.79 Å². The van der Waals surface area contributed by atoms with Crippen LogP contribution >= 0.6 is 0 Å². The highest BCUT2D eigenvalue weighted by molar-refractivity contribution is 6.15. The molecule has 196 valence electrons. The average molecular weight is 518 g/mol. The Balaban J connectivity index is 1.93. The summed E-state index contributed by atoms with van der Waals surface area (Å²) in [5, 5.41) is 0. The van der Waals surface area contributed by atoms with Gasteiger partial charge in [-0.05, 0) is 38.5 Å². The zero-order valence-electron chi connectivity index (χ0n) is 22.3. The predicted molar refractivity (Wildman–Crippen MR) is 154 cm³/mol. The third-order valence-corrected chi connectivity index (χ3v) is 5.61. The minimum absolute atomic E-state index is 0.0452. The fourth-order valence-electron chi connectivity index (χ4n) is 3.92. The standard InChI is InChI=1S/C34H31NO4/c1-34(2,3)39-33(37)32(35-31(26-18-10-5-11-19-26)27-20-12-6-13-21-27)29(25-16-8-4-9-17-25)24-30(36)38-28-22-14-7-15-23-28/h4-23H,24H2,1-3H3/b32-29+. The molecular formula is C34H31NO4. The van der Waals surface area contributed by atoms with Gasteiger partial charge in [0.15, 0.2) is 5.70 Å². The third-order valence-electron chi connectivity index (χ3n) is 5.61. The third kappa shape index (κ3) is 7.86. The molecule has 0 heterocycles. The molecule has 0 bridgehead atoms. The zero-order chi connectivity index (χ0) is 27.7. The first kappa shape index (κ1) is 27.3. The number of nitrogens with zero attached hydrogens (tertiary/aromatic N) is 1. The van der Waals surface area contributed by atoms with E-state index in [-0.39, 0.29) is 12.1 Å². The van der Waals surface area contributed by atoms with E-state index >= 15 is 0 Å². The Morgan fingerprint density at radius 1 is 0.641 bits per heavy atom. The second kappa shape index (κ2) is 12.7. The van der Waals surface area contributed by atoms with Crippen LogP contribution in [0.15, 0.2) is 132 Å². The van der Waals surface area contributed by atoms with Gasteiger partial charge in [0, 0.05) is 16.7 Å². The number of aliphatic imine (C=N–C) groups is 1. The van der Waals surface area contributed by atoms with Crippen molar-refractivity contribution in [2.24, 2.45) is 4.99 Å². The van der Waals surface area contributed by atoms with Gasteiger partial charge in [0.2, 0.25) is 0 Å². The van der Waals surface area contributed by atoms with Crippen LogP contribution in [0.1, 0.15) is 43.9 Å². The summed E-state index contributed by atoms with van der Waals surface area (Å²) >= 11 is 0. The summed E-state index contributed by atoms with van der Waals surface area (Å²) in [6.07, 6.45) is -0.187. The fourth-order valence-corrected chi connectivity index (χ4v) is 3.92. The van der Waals surface area contributed by atoms with Crippen LogP contribution in [0.5, 0.6) is 5.75 Å². The van der Waals surface area contributed by atoms with Crippen LogP contribution in [-0.4, -0.2) is 23.3 Å². The monoisotopic (exact) mass is 517 g/mol. The molecule has 4 rings (SSSR count). The van der Waals surface area contributed by atoms with Crippen molar-refractivity contribution in [2.45, 2.75) is 32.8 Å². The molecule has 0 unspecified atom stereocenters. The molecule has 5 nitrogen and oxygen atoms in total. The molecule has 39 heavy (non-hydrogen) atoms. The van der Waals surface area contributed by atoms with Crippen LogP contribution in [0.4, 0.5) is 0 Å². The van der Waals surface area contributed by atoms with E-state index in [1.54, 1.807) is 45.0 Å². The first-order valence-corrected chi connectivity index (χ1v) is 12.8. The summed E-state index contributed by atoms with van der Waals surface area (Å²) in [7, 11) is 0. The summed E-state index contributed by atoms with van der Waals surface area (Å²) < 4.78 is 11.4. The Morgan fingerprint density at radius 3 is 1.54 bits per heavy atom. The predicted octanol–water partition coefficient (Wildman–Crippen LogP) is 7.27. The van der Waals surface area contributed by atoms with Crippen LogP contribution < -0.4 is 4.74 Å². The molecule has 0 aliphatic carbocycles. The first-order chi connectivity index (χ1) is 18.8. The molecule has 0 radical (unpaired) electrons. The summed E-state index contributed by atoms with van der Waals surface area (Å²) in [5.41, 5.74) is 2.59.